The number of hydrogen-bond acceptors (Lipinski definition) is 5. The van der Waals surface area contributed by atoms with Gasteiger partial charge in [0.2, 0.25) is 11.8 Å². The molecule has 0 unspecified atom stereocenters. The number of H-pyrrole nitrogens is 1. The Balaban J connectivity index is 0. The quantitative estimate of drug-likeness (QED) is 0.185. The molecule has 37 heavy (non-hydrogen) atoms. The average Bonchev–Trinajstić information content (AvgIpc) is 3.54. The number of fused-ring (bicyclic) bond motifs is 1. The van der Waals surface area contributed by atoms with Gasteiger partial charge in [0.05, 0.1) is 22.2 Å². The molecule has 0 radical (unpaired) electrons. The molecule has 3 N–H and O–H groups in total. The molecule has 0 atom stereocenters. The largest absolute Gasteiger partial charge is 2.00 e. The van der Waals surface area contributed by atoms with Crippen molar-refractivity contribution in [1.29, 1.82) is 0 Å². The topological polar surface area (TPSA) is 126 Å². The Bertz CT molecular complexity index is 1150. The number of nitrogens with one attached hydrogen (secondary N) is 3. The first-order valence-electron chi connectivity index (χ1n) is 10.4. The fourth-order valence-corrected chi connectivity index (χ4v) is 2.88. The van der Waals surface area contributed by atoms with E-state index in [1.165, 1.54) is 38.8 Å². The third kappa shape index (κ3) is 12.8. The fraction of sp³-hybridized carbons (Fsp3) is 0.250. The van der Waals surface area contributed by atoms with E-state index in [-0.39, 0.29) is 57.4 Å². The summed E-state index contributed by atoms with van der Waals surface area (Å²) in [5, 5.41) is 15.8. The van der Waals surface area contributed by atoms with Crippen molar-refractivity contribution in [3.8, 4) is 0 Å². The van der Waals surface area contributed by atoms with Crippen LogP contribution >= 0.6 is 0 Å². The Labute approximate surface area is 240 Å². The molecule has 1 aromatic heterocycles. The van der Waals surface area contributed by atoms with E-state index in [1.807, 2.05) is 0 Å². The van der Waals surface area contributed by atoms with E-state index in [4.69, 9.17) is 4.74 Å². The first-order valence-corrected chi connectivity index (χ1v) is 10.4. The van der Waals surface area contributed by atoms with Crippen molar-refractivity contribution >= 4 is 62.8 Å². The van der Waals surface area contributed by atoms with E-state index < -0.39 is 22.3 Å². The zero-order chi connectivity index (χ0) is 26.4. The molecule has 2 heterocycles. The van der Waals surface area contributed by atoms with Crippen LogP contribution in [0.1, 0.15) is 26.7 Å². The molecule has 2 aromatic carbocycles. The molecule has 0 spiro atoms. The maximum Gasteiger partial charge on any atom is 2.00 e. The maximum atomic E-state index is 13.2. The Kier molecular flexibility index (Phi) is 18.9. The van der Waals surface area contributed by atoms with Gasteiger partial charge in [0.25, 0.3) is 5.69 Å². The number of anilines is 2. The van der Waals surface area contributed by atoms with Crippen LogP contribution in [0.5, 0.6) is 0 Å². The van der Waals surface area contributed by atoms with Gasteiger partial charge in [0.1, 0.15) is 17.3 Å². The van der Waals surface area contributed by atoms with Crippen LogP contribution in [0.25, 0.3) is 10.9 Å². The van der Waals surface area contributed by atoms with Gasteiger partial charge in [-0.1, -0.05) is 0 Å². The van der Waals surface area contributed by atoms with Gasteiger partial charge < -0.3 is 43.9 Å². The number of nitro groups is 1. The molecule has 4 rings (SSSR count). The Morgan fingerprint density at radius 2 is 1.57 bits per heavy atom. The van der Waals surface area contributed by atoms with Crippen LogP contribution in [0.3, 0.4) is 0 Å². The number of aromatic nitrogens is 1. The molecular weight excluding hydrogens is 566 g/mol. The second-order valence-electron chi connectivity index (χ2n) is 6.96. The molecule has 9 nitrogen and oxygen atoms in total. The molecule has 0 aliphatic carbocycles. The number of amides is 2. The van der Waals surface area contributed by atoms with E-state index in [9.17, 15) is 28.5 Å². The first-order chi connectivity index (χ1) is 16.7. The van der Waals surface area contributed by atoms with Crippen molar-refractivity contribution in [2.24, 2.45) is 0 Å². The second kappa shape index (κ2) is 19.3. The molecule has 1 saturated heterocycles. The summed E-state index contributed by atoms with van der Waals surface area (Å²) in [6, 6.07) is 7.45. The summed E-state index contributed by atoms with van der Waals surface area (Å²) in [7, 11) is 0. The summed E-state index contributed by atoms with van der Waals surface area (Å²) in [5.74, 6) is -1.63. The van der Waals surface area contributed by atoms with E-state index in [0.717, 1.165) is 31.4 Å². The van der Waals surface area contributed by atoms with E-state index in [1.54, 1.807) is 12.3 Å². The number of ether oxygens (including phenoxy) is 1. The molecule has 196 valence electrons. The average molecular weight is 594 g/mol. The standard InChI is InChI=1S/C10H9FN2O.C8H7FN2O3.C4H8O.C2H3.BrH.Mg/c1-6(14)13-9-3-2-8(11)7-4-5-12-10(7)9;1-5(12)10-7-3-2-6(9)4-8(7)11(13)14;1-2-4-5-3-1;1-2;;/h2-5,12H,1H3,(H,13,14);2-4H,1H3,(H,10,12);1-4H2;1H,2H2;1H;/q;;;-1;;+2/p-1. The predicted molar refractivity (Wildman–Crippen MR) is 136 cm³/mol. The Hall–Kier alpha value is -2.87. The van der Waals surface area contributed by atoms with Crippen molar-refractivity contribution in [3.63, 3.8) is 0 Å². The summed E-state index contributed by atoms with van der Waals surface area (Å²) >= 11 is 0. The Morgan fingerprint density at radius 1 is 1.03 bits per heavy atom. The summed E-state index contributed by atoms with van der Waals surface area (Å²) in [4.78, 5) is 34.1. The van der Waals surface area contributed by atoms with Crippen LogP contribution in [-0.4, -0.2) is 58.0 Å². The number of nitro benzene ring substituents is 1. The number of hydrogen-bond donors (Lipinski definition) is 3. The van der Waals surface area contributed by atoms with Crippen molar-refractivity contribution in [3.05, 3.63) is 77.5 Å². The van der Waals surface area contributed by atoms with Gasteiger partial charge in [0.15, 0.2) is 0 Å². The molecular formula is C24H27BrF2MgN4O5. The molecule has 0 bridgehead atoms. The first kappa shape index (κ1) is 36.3. The molecule has 0 saturated carbocycles. The number of carbonyl (C=O) groups is 2. The summed E-state index contributed by atoms with van der Waals surface area (Å²) < 4.78 is 30.8. The molecule has 13 heteroatoms. The third-order valence-corrected chi connectivity index (χ3v) is 4.28. The monoisotopic (exact) mass is 592 g/mol. The smallest absolute Gasteiger partial charge is 1.00 e. The van der Waals surface area contributed by atoms with Crippen molar-refractivity contribution in [2.75, 3.05) is 23.8 Å². The number of nitrogens with zero attached hydrogens (tertiary/aromatic N) is 1. The van der Waals surface area contributed by atoms with E-state index >= 15 is 0 Å². The number of rotatable bonds is 3. The predicted octanol–water partition coefficient (Wildman–Crippen LogP) is 1.98. The summed E-state index contributed by atoms with van der Waals surface area (Å²) in [6.45, 7) is 11.6. The van der Waals surface area contributed by atoms with Crippen LogP contribution < -0.4 is 27.6 Å². The van der Waals surface area contributed by atoms with Crippen LogP contribution in [0.15, 0.2) is 49.2 Å². The van der Waals surface area contributed by atoms with Crippen LogP contribution in [0.2, 0.25) is 0 Å². The van der Waals surface area contributed by atoms with E-state index in [0.29, 0.717) is 16.6 Å². The maximum absolute atomic E-state index is 13.2. The van der Waals surface area contributed by atoms with Crippen LogP contribution in [0, 0.1) is 28.3 Å². The number of carbonyl (C=O) groups excluding carboxylic acids is 2. The van der Waals surface area contributed by atoms with Gasteiger partial charge in [-0.05, 0) is 43.2 Å². The van der Waals surface area contributed by atoms with Gasteiger partial charge in [-0.2, -0.15) is 0 Å². The van der Waals surface area contributed by atoms with Crippen LogP contribution in [-0.2, 0) is 14.3 Å². The second-order valence-corrected chi connectivity index (χ2v) is 6.96. The number of halogens is 3. The summed E-state index contributed by atoms with van der Waals surface area (Å²) in [5.41, 5.74) is 0.739. The number of aromatic amines is 1. The molecule has 1 aliphatic heterocycles. The number of benzene rings is 2. The van der Waals surface area contributed by atoms with Gasteiger partial charge in [0, 0.05) is 38.6 Å². The molecule has 2 amide bonds. The molecule has 1 aliphatic rings. The van der Waals surface area contributed by atoms with Crippen LogP contribution in [0.4, 0.5) is 25.8 Å². The molecule has 1 fully saturated rings. The van der Waals surface area contributed by atoms with Crippen molar-refractivity contribution < 1.29 is 45.0 Å². The van der Waals surface area contributed by atoms with Gasteiger partial charge in [-0.15, -0.1) is 0 Å². The zero-order valence-corrected chi connectivity index (χ0v) is 23.5. The van der Waals surface area contributed by atoms with E-state index in [2.05, 4.69) is 28.8 Å². The minimum Gasteiger partial charge on any atom is -1.00 e. The molecule has 3 aromatic rings. The minimum absolute atomic E-state index is 0. The van der Waals surface area contributed by atoms with Gasteiger partial charge in [-0.25, -0.2) is 8.78 Å². The Morgan fingerprint density at radius 3 is 2.05 bits per heavy atom. The zero-order valence-electron chi connectivity index (χ0n) is 20.5. The van der Waals surface area contributed by atoms with Gasteiger partial charge in [-0.3, -0.25) is 26.3 Å². The van der Waals surface area contributed by atoms with Crippen molar-refractivity contribution in [1.82, 2.24) is 4.98 Å². The fourth-order valence-electron chi connectivity index (χ4n) is 2.88. The summed E-state index contributed by atoms with van der Waals surface area (Å²) in [6.07, 6.45) is 4.19. The minimum atomic E-state index is -0.756. The SMILES string of the molecule is C1CCOC1.CC(=O)Nc1ccc(F)c2cc[nH]c12.CC(=O)Nc1ccc(F)cc1[N+](=O)[O-].[Br-].[CH-]=C.[Mg+2]. The normalized spacial score (nSPS) is 10.9. The third-order valence-electron chi connectivity index (χ3n) is 4.28. The van der Waals surface area contributed by atoms with Crippen molar-refractivity contribution in [2.45, 2.75) is 26.7 Å². The van der Waals surface area contributed by atoms with Gasteiger partial charge >= 0.3 is 23.1 Å².